The summed E-state index contributed by atoms with van der Waals surface area (Å²) in [7, 11) is 0. The molecule has 0 bridgehead atoms. The van der Waals surface area contributed by atoms with Crippen LogP contribution >= 0.6 is 0 Å². The number of hydrogen-bond donors (Lipinski definition) is 7. The fourth-order valence-electron chi connectivity index (χ4n) is 2.25. The Morgan fingerprint density at radius 3 is 1.86 bits per heavy atom. The highest BCUT2D eigenvalue weighted by Gasteiger charge is 2.29. The molecule has 0 aromatic rings. The van der Waals surface area contributed by atoms with E-state index in [0.717, 1.165) is 0 Å². The Hall–Kier alpha value is -2.73. The number of primary amides is 1. The molecule has 0 aromatic carbocycles. The summed E-state index contributed by atoms with van der Waals surface area (Å²) < 4.78 is 0. The van der Waals surface area contributed by atoms with Gasteiger partial charge in [0, 0.05) is 6.42 Å². The fourth-order valence-corrected chi connectivity index (χ4v) is 2.25. The molecule has 0 saturated heterocycles. The minimum Gasteiger partial charge on any atom is -0.480 e. The lowest BCUT2D eigenvalue weighted by Crippen LogP contribution is -2.58. The van der Waals surface area contributed by atoms with Crippen molar-refractivity contribution in [2.45, 2.75) is 64.2 Å². The summed E-state index contributed by atoms with van der Waals surface area (Å²) in [5, 5.41) is 25.3. The summed E-state index contributed by atoms with van der Waals surface area (Å²) in [5.74, 6) is -4.21. The van der Waals surface area contributed by atoms with Crippen molar-refractivity contribution in [1.29, 1.82) is 0 Å². The Labute approximate surface area is 168 Å². The summed E-state index contributed by atoms with van der Waals surface area (Å²) in [5.41, 5.74) is 10.6. The second kappa shape index (κ2) is 12.7. The number of aliphatic hydroxyl groups is 1. The summed E-state index contributed by atoms with van der Waals surface area (Å²) >= 11 is 0. The second-order valence-electron chi connectivity index (χ2n) is 7.11. The van der Waals surface area contributed by atoms with Gasteiger partial charge >= 0.3 is 5.97 Å². The zero-order valence-corrected chi connectivity index (χ0v) is 16.8. The Balaban J connectivity index is 5.04. The number of carbonyl (C=O) groups excluding carboxylic acids is 4. The molecule has 12 heteroatoms. The fraction of sp³-hybridized carbons (Fsp3) is 0.706. The van der Waals surface area contributed by atoms with Crippen molar-refractivity contribution < 1.29 is 34.2 Å². The van der Waals surface area contributed by atoms with Crippen LogP contribution in [0.5, 0.6) is 0 Å². The number of carbonyl (C=O) groups is 5. The number of aliphatic carboxylic acids is 1. The predicted octanol–water partition coefficient (Wildman–Crippen LogP) is -2.82. The molecule has 0 heterocycles. The number of aliphatic hydroxyl groups excluding tert-OH is 1. The van der Waals surface area contributed by atoms with Crippen LogP contribution in [0, 0.1) is 5.92 Å². The zero-order valence-electron chi connectivity index (χ0n) is 16.8. The lowest BCUT2D eigenvalue weighted by atomic mass is 10.0. The van der Waals surface area contributed by atoms with Crippen LogP contribution < -0.4 is 27.4 Å². The van der Waals surface area contributed by atoms with Gasteiger partial charge in [-0.3, -0.25) is 24.0 Å². The molecule has 0 saturated carbocycles. The number of amides is 4. The van der Waals surface area contributed by atoms with Gasteiger partial charge in [0.15, 0.2) is 0 Å². The van der Waals surface area contributed by atoms with Gasteiger partial charge in [-0.1, -0.05) is 13.8 Å². The summed E-state index contributed by atoms with van der Waals surface area (Å²) in [4.78, 5) is 58.4. The Morgan fingerprint density at radius 2 is 1.41 bits per heavy atom. The van der Waals surface area contributed by atoms with Crippen LogP contribution in [0.1, 0.15) is 40.0 Å². The average molecular weight is 417 g/mol. The van der Waals surface area contributed by atoms with Crippen LogP contribution in [0.4, 0.5) is 0 Å². The van der Waals surface area contributed by atoms with Gasteiger partial charge in [-0.25, -0.2) is 0 Å². The molecular formula is C17H31N5O7. The maximum atomic E-state index is 12.4. The maximum absolute atomic E-state index is 12.4. The van der Waals surface area contributed by atoms with Gasteiger partial charge in [0.2, 0.25) is 23.6 Å². The summed E-state index contributed by atoms with van der Waals surface area (Å²) in [6.45, 7) is 4.12. The standard InChI is InChI=1S/C17H31N5O7/c1-8(2)6-11(15(26)20-9(3)17(28)29)21-16(27)12(7-23)22-14(25)10(18)4-5-13(19)24/h8-12,23H,4-7,18H2,1-3H3,(H2,19,24)(H,20,26)(H,21,27)(H,22,25)(H,28,29). The van der Waals surface area contributed by atoms with Gasteiger partial charge < -0.3 is 37.6 Å². The van der Waals surface area contributed by atoms with E-state index < -0.39 is 60.4 Å². The number of carboxylic acids is 1. The van der Waals surface area contributed by atoms with E-state index in [9.17, 15) is 29.1 Å². The van der Waals surface area contributed by atoms with Crippen molar-refractivity contribution in [3.05, 3.63) is 0 Å². The van der Waals surface area contributed by atoms with Crippen molar-refractivity contribution >= 4 is 29.6 Å². The highest BCUT2D eigenvalue weighted by molar-refractivity contribution is 5.94. The third kappa shape index (κ3) is 10.4. The number of nitrogens with two attached hydrogens (primary N) is 2. The van der Waals surface area contributed by atoms with E-state index in [1.165, 1.54) is 6.92 Å². The molecule has 166 valence electrons. The number of rotatable bonds is 13. The van der Waals surface area contributed by atoms with Crippen molar-refractivity contribution in [1.82, 2.24) is 16.0 Å². The van der Waals surface area contributed by atoms with Gasteiger partial charge in [-0.2, -0.15) is 0 Å². The van der Waals surface area contributed by atoms with E-state index in [4.69, 9.17) is 16.6 Å². The van der Waals surface area contributed by atoms with E-state index in [-0.39, 0.29) is 25.2 Å². The van der Waals surface area contributed by atoms with Crippen molar-refractivity contribution in [2.24, 2.45) is 17.4 Å². The Morgan fingerprint density at radius 1 is 0.897 bits per heavy atom. The lowest BCUT2D eigenvalue weighted by molar-refractivity contribution is -0.142. The van der Waals surface area contributed by atoms with Gasteiger partial charge in [0.05, 0.1) is 12.6 Å². The van der Waals surface area contributed by atoms with Crippen LogP contribution in [0.3, 0.4) is 0 Å². The van der Waals surface area contributed by atoms with E-state index >= 15 is 0 Å². The molecule has 0 radical (unpaired) electrons. The minimum absolute atomic E-state index is 0.0180. The third-order valence-electron chi connectivity index (χ3n) is 3.92. The maximum Gasteiger partial charge on any atom is 0.325 e. The zero-order chi connectivity index (χ0) is 22.7. The van der Waals surface area contributed by atoms with Crippen LogP contribution in [-0.2, 0) is 24.0 Å². The first-order valence-electron chi connectivity index (χ1n) is 9.17. The van der Waals surface area contributed by atoms with Crippen molar-refractivity contribution in [3.8, 4) is 0 Å². The normalized spacial score (nSPS) is 15.0. The number of nitrogens with one attached hydrogen (secondary N) is 3. The van der Waals surface area contributed by atoms with Crippen molar-refractivity contribution in [3.63, 3.8) is 0 Å². The molecule has 4 amide bonds. The largest absolute Gasteiger partial charge is 0.480 e. The highest BCUT2D eigenvalue weighted by atomic mass is 16.4. The molecule has 29 heavy (non-hydrogen) atoms. The second-order valence-corrected chi connectivity index (χ2v) is 7.11. The molecule has 0 rings (SSSR count). The van der Waals surface area contributed by atoms with Gasteiger partial charge in [-0.15, -0.1) is 0 Å². The highest BCUT2D eigenvalue weighted by Crippen LogP contribution is 2.06. The van der Waals surface area contributed by atoms with Crippen LogP contribution in [0.25, 0.3) is 0 Å². The van der Waals surface area contributed by atoms with E-state index in [0.29, 0.717) is 0 Å². The smallest absolute Gasteiger partial charge is 0.325 e. The molecule has 0 fully saturated rings. The van der Waals surface area contributed by atoms with E-state index in [1.807, 2.05) is 0 Å². The monoisotopic (exact) mass is 417 g/mol. The van der Waals surface area contributed by atoms with E-state index in [2.05, 4.69) is 16.0 Å². The summed E-state index contributed by atoms with van der Waals surface area (Å²) in [6.07, 6.45) is 0.0451. The van der Waals surface area contributed by atoms with Gasteiger partial charge in [-0.05, 0) is 25.7 Å². The third-order valence-corrected chi connectivity index (χ3v) is 3.92. The SMILES string of the molecule is CC(C)CC(NC(=O)C(CO)NC(=O)C(N)CCC(N)=O)C(=O)NC(C)C(=O)O. The van der Waals surface area contributed by atoms with Crippen LogP contribution in [-0.4, -0.2) is 70.6 Å². The molecule has 0 spiro atoms. The Bertz CT molecular complexity index is 611. The molecular weight excluding hydrogens is 386 g/mol. The first-order valence-corrected chi connectivity index (χ1v) is 9.17. The molecule has 0 aliphatic heterocycles. The van der Waals surface area contributed by atoms with Crippen LogP contribution in [0.2, 0.25) is 0 Å². The molecule has 12 nitrogen and oxygen atoms in total. The minimum atomic E-state index is -1.39. The van der Waals surface area contributed by atoms with Gasteiger partial charge in [0.25, 0.3) is 0 Å². The first kappa shape index (κ1) is 26.3. The topological polar surface area (TPSA) is 214 Å². The quantitative estimate of drug-likeness (QED) is 0.165. The number of hydrogen-bond acceptors (Lipinski definition) is 7. The molecule has 9 N–H and O–H groups in total. The van der Waals surface area contributed by atoms with Crippen molar-refractivity contribution in [2.75, 3.05) is 6.61 Å². The molecule has 0 aliphatic carbocycles. The number of carboxylic acid groups (broad SMARTS) is 1. The molecule has 0 aliphatic rings. The average Bonchev–Trinajstić information content (AvgIpc) is 2.62. The van der Waals surface area contributed by atoms with Gasteiger partial charge in [0.1, 0.15) is 18.1 Å². The lowest BCUT2D eigenvalue weighted by Gasteiger charge is -2.24. The van der Waals surface area contributed by atoms with E-state index in [1.54, 1.807) is 13.8 Å². The Kier molecular flexibility index (Phi) is 11.5. The first-order chi connectivity index (χ1) is 13.4. The van der Waals surface area contributed by atoms with Crippen LogP contribution in [0.15, 0.2) is 0 Å². The molecule has 4 atom stereocenters. The summed E-state index contributed by atoms with van der Waals surface area (Å²) in [6, 6.07) is -4.73. The molecule has 0 aromatic heterocycles. The predicted molar refractivity (Wildman–Crippen MR) is 102 cm³/mol. The molecule has 4 unspecified atom stereocenters.